The SMILES string of the molecule is Cc1c(C(=O)Nc2cccc(OCC(F)(F)F)c2)nnn1-c1cccc([N+](=O)[O-])c1. The molecule has 1 aromatic heterocycles. The number of nitro benzene ring substituents is 1. The Morgan fingerprint density at radius 1 is 1.23 bits per heavy atom. The van der Waals surface area contributed by atoms with Gasteiger partial charge in [-0.05, 0) is 25.1 Å². The number of ether oxygens (including phenoxy) is 1. The molecule has 1 heterocycles. The number of hydrogen-bond acceptors (Lipinski definition) is 6. The lowest BCUT2D eigenvalue weighted by atomic mass is 10.2. The molecule has 0 aliphatic carbocycles. The number of hydrogen-bond donors (Lipinski definition) is 1. The van der Waals surface area contributed by atoms with Crippen LogP contribution in [-0.2, 0) is 0 Å². The highest BCUT2D eigenvalue weighted by Crippen LogP contribution is 2.22. The molecule has 156 valence electrons. The van der Waals surface area contributed by atoms with Crippen molar-refractivity contribution in [2.45, 2.75) is 13.1 Å². The first kappa shape index (κ1) is 20.8. The van der Waals surface area contributed by atoms with Gasteiger partial charge in [0.2, 0.25) is 0 Å². The summed E-state index contributed by atoms with van der Waals surface area (Å²) in [4.78, 5) is 22.9. The van der Waals surface area contributed by atoms with Gasteiger partial charge in [-0.1, -0.05) is 17.3 Å². The van der Waals surface area contributed by atoms with Crippen LogP contribution < -0.4 is 10.1 Å². The molecule has 3 aromatic rings. The predicted molar refractivity (Wildman–Crippen MR) is 98.7 cm³/mol. The zero-order valence-corrected chi connectivity index (χ0v) is 15.4. The topological polar surface area (TPSA) is 112 Å². The number of aromatic nitrogens is 3. The maximum atomic E-state index is 12.5. The molecule has 0 unspecified atom stereocenters. The van der Waals surface area contributed by atoms with Crippen LogP contribution in [0.15, 0.2) is 48.5 Å². The minimum atomic E-state index is -4.48. The van der Waals surface area contributed by atoms with Gasteiger partial charge in [-0.3, -0.25) is 14.9 Å². The zero-order valence-electron chi connectivity index (χ0n) is 15.4. The zero-order chi connectivity index (χ0) is 21.9. The Bertz CT molecular complexity index is 1100. The smallest absolute Gasteiger partial charge is 0.422 e. The Hall–Kier alpha value is -3.96. The van der Waals surface area contributed by atoms with E-state index in [4.69, 9.17) is 0 Å². The second-order valence-electron chi connectivity index (χ2n) is 6.10. The van der Waals surface area contributed by atoms with Gasteiger partial charge < -0.3 is 10.1 Å². The average Bonchev–Trinajstić information content (AvgIpc) is 3.08. The predicted octanol–water partition coefficient (Wildman–Crippen LogP) is 3.68. The van der Waals surface area contributed by atoms with Gasteiger partial charge in [-0.25, -0.2) is 4.68 Å². The first-order valence-corrected chi connectivity index (χ1v) is 8.42. The molecule has 0 spiro atoms. The Kier molecular flexibility index (Phi) is 5.67. The molecule has 0 saturated carbocycles. The van der Waals surface area contributed by atoms with E-state index in [0.717, 1.165) is 0 Å². The normalized spacial score (nSPS) is 11.2. The largest absolute Gasteiger partial charge is 0.484 e. The number of nitrogens with zero attached hydrogens (tertiary/aromatic N) is 4. The van der Waals surface area contributed by atoms with Crippen molar-refractivity contribution in [2.75, 3.05) is 11.9 Å². The maximum Gasteiger partial charge on any atom is 0.422 e. The van der Waals surface area contributed by atoms with Gasteiger partial charge in [-0.2, -0.15) is 13.2 Å². The molecule has 0 saturated heterocycles. The molecule has 0 aliphatic rings. The van der Waals surface area contributed by atoms with E-state index < -0.39 is 23.6 Å². The van der Waals surface area contributed by atoms with E-state index in [0.29, 0.717) is 11.4 Å². The van der Waals surface area contributed by atoms with Crippen LogP contribution in [0.2, 0.25) is 0 Å². The molecular weight excluding hydrogens is 407 g/mol. The summed E-state index contributed by atoms with van der Waals surface area (Å²) in [5, 5.41) is 21.1. The van der Waals surface area contributed by atoms with E-state index >= 15 is 0 Å². The number of nitrogens with one attached hydrogen (secondary N) is 1. The summed E-state index contributed by atoms with van der Waals surface area (Å²) < 4.78 is 42.8. The maximum absolute atomic E-state index is 12.5. The quantitative estimate of drug-likeness (QED) is 0.480. The lowest BCUT2D eigenvalue weighted by Crippen LogP contribution is -2.19. The Labute approximate surface area is 167 Å². The fraction of sp³-hybridized carbons (Fsp3) is 0.167. The fourth-order valence-electron chi connectivity index (χ4n) is 2.54. The number of rotatable bonds is 6. The van der Waals surface area contributed by atoms with Gasteiger partial charge >= 0.3 is 6.18 Å². The lowest BCUT2D eigenvalue weighted by molar-refractivity contribution is -0.384. The van der Waals surface area contributed by atoms with Crippen LogP contribution in [-0.4, -0.2) is 38.6 Å². The van der Waals surface area contributed by atoms with Crippen molar-refractivity contribution in [2.24, 2.45) is 0 Å². The Balaban J connectivity index is 1.77. The van der Waals surface area contributed by atoms with Crippen LogP contribution >= 0.6 is 0 Å². The summed E-state index contributed by atoms with van der Waals surface area (Å²) >= 11 is 0. The fourth-order valence-corrected chi connectivity index (χ4v) is 2.54. The van der Waals surface area contributed by atoms with Crippen molar-refractivity contribution in [3.8, 4) is 11.4 Å². The number of nitro groups is 1. The van der Waals surface area contributed by atoms with Crippen LogP contribution in [0.25, 0.3) is 5.69 Å². The molecule has 0 atom stereocenters. The molecule has 30 heavy (non-hydrogen) atoms. The first-order chi connectivity index (χ1) is 14.1. The highest BCUT2D eigenvalue weighted by molar-refractivity contribution is 6.03. The monoisotopic (exact) mass is 421 g/mol. The lowest BCUT2D eigenvalue weighted by Gasteiger charge is -2.10. The van der Waals surface area contributed by atoms with Gasteiger partial charge in [-0.15, -0.1) is 5.10 Å². The third-order valence-corrected chi connectivity index (χ3v) is 3.89. The minimum absolute atomic E-state index is 0.0527. The van der Waals surface area contributed by atoms with Crippen LogP contribution in [0.5, 0.6) is 5.75 Å². The number of carbonyl (C=O) groups is 1. The second-order valence-corrected chi connectivity index (χ2v) is 6.10. The van der Waals surface area contributed by atoms with Crippen LogP contribution in [0, 0.1) is 17.0 Å². The van der Waals surface area contributed by atoms with Gasteiger partial charge in [0, 0.05) is 23.9 Å². The summed E-state index contributed by atoms with van der Waals surface area (Å²) in [6.45, 7) is 0.0949. The molecule has 1 amide bonds. The number of alkyl halides is 3. The van der Waals surface area contributed by atoms with Crippen molar-refractivity contribution in [1.29, 1.82) is 0 Å². The van der Waals surface area contributed by atoms with Crippen molar-refractivity contribution in [1.82, 2.24) is 15.0 Å². The number of halogens is 3. The molecule has 12 heteroatoms. The average molecular weight is 421 g/mol. The second kappa shape index (κ2) is 8.19. The summed E-state index contributed by atoms with van der Waals surface area (Å²) in [5.74, 6) is -0.723. The van der Waals surface area contributed by atoms with Gasteiger partial charge in [0.25, 0.3) is 11.6 Å². The molecule has 1 N–H and O–H groups in total. The molecule has 0 fully saturated rings. The molecular formula is C18H14F3N5O4. The van der Waals surface area contributed by atoms with E-state index in [9.17, 15) is 28.1 Å². The van der Waals surface area contributed by atoms with E-state index in [1.807, 2.05) is 0 Å². The number of non-ortho nitro benzene ring substituents is 1. The minimum Gasteiger partial charge on any atom is -0.484 e. The van der Waals surface area contributed by atoms with Gasteiger partial charge in [0.1, 0.15) is 5.75 Å². The van der Waals surface area contributed by atoms with Crippen molar-refractivity contribution < 1.29 is 27.6 Å². The van der Waals surface area contributed by atoms with Gasteiger partial charge in [0.05, 0.1) is 16.3 Å². The van der Waals surface area contributed by atoms with Crippen molar-refractivity contribution >= 4 is 17.3 Å². The third-order valence-electron chi connectivity index (χ3n) is 3.89. The van der Waals surface area contributed by atoms with Crippen LogP contribution in [0.1, 0.15) is 16.2 Å². The van der Waals surface area contributed by atoms with Crippen LogP contribution in [0.4, 0.5) is 24.5 Å². The number of amides is 1. The number of anilines is 1. The molecule has 0 radical (unpaired) electrons. The van der Waals surface area contributed by atoms with E-state index in [1.165, 1.54) is 47.1 Å². The first-order valence-electron chi connectivity index (χ1n) is 8.42. The molecule has 0 bridgehead atoms. The Morgan fingerprint density at radius 2 is 1.97 bits per heavy atom. The highest BCUT2D eigenvalue weighted by atomic mass is 19.4. The third kappa shape index (κ3) is 4.90. The van der Waals surface area contributed by atoms with Gasteiger partial charge in [0.15, 0.2) is 12.3 Å². The van der Waals surface area contributed by atoms with E-state index in [2.05, 4.69) is 20.4 Å². The number of benzene rings is 2. The molecule has 3 rings (SSSR count). The highest BCUT2D eigenvalue weighted by Gasteiger charge is 2.28. The van der Waals surface area contributed by atoms with E-state index in [1.54, 1.807) is 13.0 Å². The summed E-state index contributed by atoms with van der Waals surface area (Å²) in [7, 11) is 0. The molecule has 2 aromatic carbocycles. The van der Waals surface area contributed by atoms with E-state index in [-0.39, 0.29) is 22.8 Å². The van der Waals surface area contributed by atoms with Crippen molar-refractivity contribution in [3.05, 3.63) is 70.0 Å². The van der Waals surface area contributed by atoms with Crippen LogP contribution in [0.3, 0.4) is 0 Å². The summed E-state index contributed by atoms with van der Waals surface area (Å²) in [5.41, 5.74) is 0.657. The number of carbonyl (C=O) groups excluding carboxylic acids is 1. The standard InChI is InChI=1S/C18H14F3N5O4/c1-11-16(23-24-25(11)13-5-3-6-14(9-13)26(28)29)17(27)22-12-4-2-7-15(8-12)30-10-18(19,20)21/h2-9H,10H2,1H3,(H,22,27). The van der Waals surface area contributed by atoms with Crippen molar-refractivity contribution in [3.63, 3.8) is 0 Å². The summed E-state index contributed by atoms with van der Waals surface area (Å²) in [6.07, 6.45) is -4.48. The molecule has 9 nitrogen and oxygen atoms in total. The molecule has 0 aliphatic heterocycles. The summed E-state index contributed by atoms with van der Waals surface area (Å²) in [6, 6.07) is 11.1. The Morgan fingerprint density at radius 3 is 2.67 bits per heavy atom.